The average molecular weight is 319 g/mol. The molecule has 0 saturated heterocycles. The van der Waals surface area contributed by atoms with Crippen LogP contribution < -0.4 is 5.56 Å². The van der Waals surface area contributed by atoms with E-state index >= 15 is 0 Å². The van der Waals surface area contributed by atoms with Gasteiger partial charge in [0, 0.05) is 6.20 Å². The molecule has 4 nitrogen and oxygen atoms in total. The standard InChI is InChI=1S/C12H17N3O.Ru/c1-12(9-2-3-9)4-5-13-10-8(6-12)7-14-15-11(10)16;/h7,9H,2-6H2,1H3,(H2,13,14,15,16);/q;+1/p-1. The number of nitrogens with one attached hydrogen (secondary N) is 1. The molecule has 0 bridgehead atoms. The van der Waals surface area contributed by atoms with Crippen LogP contribution in [-0.2, 0) is 25.9 Å². The fourth-order valence-electron chi connectivity index (χ4n) is 2.81. The maximum Gasteiger partial charge on any atom is 1.00 e. The number of hydrogen-bond donors (Lipinski definition) is 1. The number of rotatable bonds is 1. The van der Waals surface area contributed by atoms with Crippen LogP contribution in [0.1, 0.15) is 31.7 Å². The number of H-pyrrole nitrogens is 1. The smallest absolute Gasteiger partial charge is 0.680 e. The molecule has 1 aromatic heterocycles. The molecule has 5 heteroatoms. The molecule has 1 unspecified atom stereocenters. The van der Waals surface area contributed by atoms with E-state index in [9.17, 15) is 4.79 Å². The van der Waals surface area contributed by atoms with Gasteiger partial charge in [-0.15, -0.1) is 6.54 Å². The van der Waals surface area contributed by atoms with Crippen molar-refractivity contribution >= 4 is 5.69 Å². The van der Waals surface area contributed by atoms with Crippen molar-refractivity contribution in [1.82, 2.24) is 10.2 Å². The molecule has 93 valence electrons. The minimum absolute atomic E-state index is 0. The van der Waals surface area contributed by atoms with Gasteiger partial charge in [-0.3, -0.25) is 4.79 Å². The average Bonchev–Trinajstić information content (AvgIpc) is 3.03. The molecular weight excluding hydrogens is 303 g/mol. The Bertz CT molecular complexity index is 469. The van der Waals surface area contributed by atoms with Gasteiger partial charge in [-0.25, -0.2) is 5.10 Å². The van der Waals surface area contributed by atoms with Crippen molar-refractivity contribution in [2.45, 2.75) is 32.6 Å². The van der Waals surface area contributed by atoms with E-state index in [0.29, 0.717) is 11.1 Å². The molecule has 0 aromatic carbocycles. The largest absolute Gasteiger partial charge is 1.00 e. The van der Waals surface area contributed by atoms with Crippen molar-refractivity contribution in [1.29, 1.82) is 0 Å². The van der Waals surface area contributed by atoms with Crippen LogP contribution in [0.4, 0.5) is 5.69 Å². The second-order valence-corrected chi connectivity index (χ2v) is 5.31. The van der Waals surface area contributed by atoms with E-state index in [-0.39, 0.29) is 25.0 Å². The van der Waals surface area contributed by atoms with Crippen molar-refractivity contribution in [3.05, 3.63) is 27.4 Å². The Labute approximate surface area is 113 Å². The van der Waals surface area contributed by atoms with Crippen LogP contribution >= 0.6 is 0 Å². The Hall–Kier alpha value is -0.697. The van der Waals surface area contributed by atoms with Crippen molar-refractivity contribution in [3.8, 4) is 0 Å². The molecule has 2 heterocycles. The van der Waals surface area contributed by atoms with Gasteiger partial charge in [0.2, 0.25) is 5.56 Å². The van der Waals surface area contributed by atoms with Crippen LogP contribution in [0.25, 0.3) is 5.32 Å². The summed E-state index contributed by atoms with van der Waals surface area (Å²) in [6.45, 7) is 3.10. The first-order valence-electron chi connectivity index (χ1n) is 5.93. The molecule has 2 aliphatic rings. The number of aromatic nitrogens is 2. The van der Waals surface area contributed by atoms with Gasteiger partial charge >= 0.3 is 19.5 Å². The monoisotopic (exact) mass is 320 g/mol. The fraction of sp³-hybridized carbons (Fsp3) is 0.667. The Morgan fingerprint density at radius 1 is 1.53 bits per heavy atom. The molecule has 1 aliphatic heterocycles. The van der Waals surface area contributed by atoms with Crippen molar-refractivity contribution in [2.75, 3.05) is 6.54 Å². The summed E-state index contributed by atoms with van der Waals surface area (Å²) in [5.41, 5.74) is 1.82. The second kappa shape index (κ2) is 4.53. The van der Waals surface area contributed by atoms with Gasteiger partial charge in [0.15, 0.2) is 0 Å². The van der Waals surface area contributed by atoms with Gasteiger partial charge in [0.05, 0.1) is 0 Å². The summed E-state index contributed by atoms with van der Waals surface area (Å²) in [6, 6.07) is 0. The summed E-state index contributed by atoms with van der Waals surface area (Å²) in [5, 5.41) is 10.8. The first kappa shape index (κ1) is 12.8. The third kappa shape index (κ3) is 2.30. The predicted octanol–water partition coefficient (Wildman–Crippen LogP) is 2.14. The van der Waals surface area contributed by atoms with Crippen molar-refractivity contribution in [2.24, 2.45) is 11.3 Å². The van der Waals surface area contributed by atoms with Gasteiger partial charge < -0.3 is 5.32 Å². The Morgan fingerprint density at radius 2 is 2.29 bits per heavy atom. The zero-order valence-electron chi connectivity index (χ0n) is 9.85. The maximum atomic E-state index is 11.6. The molecule has 0 amide bonds. The Morgan fingerprint density at radius 3 is 3.00 bits per heavy atom. The van der Waals surface area contributed by atoms with Crippen LogP contribution in [0, 0.1) is 11.3 Å². The molecular formula is C12H16N3ORu. The topological polar surface area (TPSA) is 59.9 Å². The summed E-state index contributed by atoms with van der Waals surface area (Å²) < 4.78 is 0. The van der Waals surface area contributed by atoms with Gasteiger partial charge in [0.25, 0.3) is 0 Å². The fourth-order valence-corrected chi connectivity index (χ4v) is 2.81. The molecule has 17 heavy (non-hydrogen) atoms. The van der Waals surface area contributed by atoms with Crippen LogP contribution in [0.2, 0.25) is 0 Å². The minimum Gasteiger partial charge on any atom is -0.680 e. The van der Waals surface area contributed by atoms with Crippen LogP contribution in [0.15, 0.2) is 11.0 Å². The Balaban J connectivity index is 0.00000108. The van der Waals surface area contributed by atoms with Crippen LogP contribution in [-0.4, -0.2) is 16.7 Å². The number of hydrogen-bond acceptors (Lipinski definition) is 2. The molecule has 1 radical (unpaired) electrons. The van der Waals surface area contributed by atoms with Crippen molar-refractivity contribution in [3.63, 3.8) is 0 Å². The maximum absolute atomic E-state index is 11.6. The second-order valence-electron chi connectivity index (χ2n) is 5.31. The summed E-state index contributed by atoms with van der Waals surface area (Å²) in [5.74, 6) is 0.827. The summed E-state index contributed by atoms with van der Waals surface area (Å²) in [6.07, 6.45) is 6.48. The predicted molar refractivity (Wildman–Crippen MR) is 61.9 cm³/mol. The van der Waals surface area contributed by atoms with E-state index < -0.39 is 0 Å². The number of fused-ring (bicyclic) bond motifs is 1. The summed E-state index contributed by atoms with van der Waals surface area (Å²) in [4.78, 5) is 11.6. The Kier molecular flexibility index (Phi) is 3.39. The molecule has 1 fully saturated rings. The quantitative estimate of drug-likeness (QED) is 0.806. The number of nitrogens with zero attached hydrogens (tertiary/aromatic N) is 2. The first-order chi connectivity index (χ1) is 7.69. The molecule has 1 aromatic rings. The zero-order chi connectivity index (χ0) is 11.2. The first-order valence-corrected chi connectivity index (χ1v) is 5.93. The summed E-state index contributed by atoms with van der Waals surface area (Å²) >= 11 is 0. The normalized spacial score (nSPS) is 27.4. The van der Waals surface area contributed by atoms with E-state index in [2.05, 4.69) is 22.4 Å². The van der Waals surface area contributed by atoms with Crippen LogP contribution in [0.5, 0.6) is 0 Å². The molecule has 1 atom stereocenters. The molecule has 1 saturated carbocycles. The van der Waals surface area contributed by atoms with E-state index in [0.717, 1.165) is 30.9 Å². The van der Waals surface area contributed by atoms with Gasteiger partial charge in [-0.05, 0) is 36.2 Å². The molecule has 0 spiro atoms. The molecule has 1 aliphatic carbocycles. The van der Waals surface area contributed by atoms with Gasteiger partial charge in [0.1, 0.15) is 0 Å². The van der Waals surface area contributed by atoms with Gasteiger partial charge in [-0.1, -0.05) is 19.0 Å². The third-order valence-corrected chi connectivity index (χ3v) is 4.02. The van der Waals surface area contributed by atoms with E-state index in [4.69, 9.17) is 0 Å². The zero-order valence-corrected chi connectivity index (χ0v) is 11.6. The summed E-state index contributed by atoms with van der Waals surface area (Å²) in [7, 11) is 0. The van der Waals surface area contributed by atoms with E-state index in [1.54, 1.807) is 6.20 Å². The molecule has 1 N–H and O–H groups in total. The third-order valence-electron chi connectivity index (χ3n) is 4.02. The van der Waals surface area contributed by atoms with E-state index in [1.807, 2.05) is 0 Å². The van der Waals surface area contributed by atoms with Crippen LogP contribution in [0.3, 0.4) is 0 Å². The van der Waals surface area contributed by atoms with Crippen molar-refractivity contribution < 1.29 is 19.5 Å². The van der Waals surface area contributed by atoms with E-state index in [1.165, 1.54) is 12.8 Å². The van der Waals surface area contributed by atoms with Gasteiger partial charge in [-0.2, -0.15) is 5.10 Å². The SMILES string of the molecule is CC1(C2CC2)CC[N-]c2c(cn[nH]c2=O)C1.[Ru+]. The molecule has 3 rings (SSSR count). The minimum atomic E-state index is -0.141. The number of aromatic amines is 1.